The Bertz CT molecular complexity index is 492. The van der Waals surface area contributed by atoms with Crippen LogP contribution in [0.1, 0.15) is 28.3 Å². The zero-order chi connectivity index (χ0) is 12.8. The van der Waals surface area contributed by atoms with Crippen molar-refractivity contribution in [2.75, 3.05) is 6.54 Å². The molecule has 0 atom stereocenters. The van der Waals surface area contributed by atoms with Crippen molar-refractivity contribution in [1.29, 1.82) is 0 Å². The van der Waals surface area contributed by atoms with E-state index in [2.05, 4.69) is 15.3 Å². The van der Waals surface area contributed by atoms with E-state index < -0.39 is 0 Å². The lowest BCUT2D eigenvalue weighted by molar-refractivity contribution is 0.0948. The van der Waals surface area contributed by atoms with E-state index in [1.165, 1.54) is 11.3 Å². The second kappa shape index (κ2) is 6.30. The van der Waals surface area contributed by atoms with E-state index in [1.807, 2.05) is 17.7 Å². The van der Waals surface area contributed by atoms with Crippen molar-refractivity contribution in [2.24, 2.45) is 0 Å². The molecule has 0 unspecified atom stereocenters. The van der Waals surface area contributed by atoms with Gasteiger partial charge in [0.2, 0.25) is 0 Å². The lowest BCUT2D eigenvalue weighted by Gasteiger charge is -2.04. The third-order valence-electron chi connectivity index (χ3n) is 2.54. The third kappa shape index (κ3) is 3.66. The molecule has 2 rings (SSSR count). The van der Waals surface area contributed by atoms with Crippen molar-refractivity contribution in [2.45, 2.75) is 26.3 Å². The zero-order valence-electron chi connectivity index (χ0n) is 10.3. The highest BCUT2D eigenvalue weighted by molar-refractivity contribution is 7.09. The monoisotopic (exact) mass is 264 g/mol. The molecule has 1 amide bonds. The molecule has 0 aromatic carbocycles. The Labute approximate surface area is 110 Å². The van der Waals surface area contributed by atoms with Crippen molar-refractivity contribution in [3.63, 3.8) is 0 Å². The maximum absolute atomic E-state index is 11.7. The summed E-state index contributed by atoms with van der Waals surface area (Å²) in [4.78, 5) is 19.8. The van der Waals surface area contributed by atoms with Gasteiger partial charge >= 0.3 is 0 Å². The molecular formula is C12H16N4OS. The lowest BCUT2D eigenvalue weighted by Crippen LogP contribution is -2.24. The van der Waals surface area contributed by atoms with Crippen LogP contribution in [0.4, 0.5) is 0 Å². The Kier molecular flexibility index (Phi) is 4.46. The number of hydrogen-bond acceptors (Lipinski definition) is 4. The first-order chi connectivity index (χ1) is 8.75. The zero-order valence-corrected chi connectivity index (χ0v) is 11.1. The Morgan fingerprint density at radius 1 is 1.50 bits per heavy atom. The number of amides is 1. The van der Waals surface area contributed by atoms with Crippen molar-refractivity contribution in [3.05, 3.63) is 34.8 Å². The van der Waals surface area contributed by atoms with E-state index in [9.17, 15) is 4.79 Å². The topological polar surface area (TPSA) is 59.8 Å². The van der Waals surface area contributed by atoms with Gasteiger partial charge < -0.3 is 9.88 Å². The van der Waals surface area contributed by atoms with Crippen LogP contribution in [0, 0.1) is 6.92 Å². The van der Waals surface area contributed by atoms with Gasteiger partial charge in [-0.05, 0) is 19.8 Å². The summed E-state index contributed by atoms with van der Waals surface area (Å²) in [5.74, 6) is -0.0815. The average molecular weight is 264 g/mol. The van der Waals surface area contributed by atoms with Crippen LogP contribution in [0.5, 0.6) is 0 Å². The summed E-state index contributed by atoms with van der Waals surface area (Å²) in [5, 5.41) is 5.58. The van der Waals surface area contributed by atoms with Crippen LogP contribution in [-0.4, -0.2) is 27.0 Å². The highest BCUT2D eigenvalue weighted by atomic mass is 32.1. The number of carbonyl (C=O) groups is 1. The summed E-state index contributed by atoms with van der Waals surface area (Å²) in [7, 11) is 0. The molecule has 0 aliphatic rings. The molecule has 0 aliphatic heterocycles. The molecular weight excluding hydrogens is 248 g/mol. The normalized spacial score (nSPS) is 10.5. The molecule has 0 saturated heterocycles. The number of unbranched alkanes of at least 4 members (excludes halogenated alkanes) is 1. The van der Waals surface area contributed by atoms with Gasteiger partial charge in [0.15, 0.2) is 0 Å². The second-order valence-electron chi connectivity index (χ2n) is 4.02. The Morgan fingerprint density at radius 3 is 3.06 bits per heavy atom. The van der Waals surface area contributed by atoms with Crippen LogP contribution in [-0.2, 0) is 6.54 Å². The van der Waals surface area contributed by atoms with Crippen LogP contribution >= 0.6 is 11.3 Å². The van der Waals surface area contributed by atoms with E-state index >= 15 is 0 Å². The first kappa shape index (κ1) is 12.8. The quantitative estimate of drug-likeness (QED) is 0.810. The molecule has 0 fully saturated rings. The fourth-order valence-electron chi connectivity index (χ4n) is 1.60. The molecule has 0 saturated carbocycles. The average Bonchev–Trinajstić information content (AvgIpc) is 2.99. The Balaban J connectivity index is 1.62. The lowest BCUT2D eigenvalue weighted by atomic mass is 10.3. The van der Waals surface area contributed by atoms with Gasteiger partial charge in [-0.1, -0.05) is 0 Å². The molecule has 18 heavy (non-hydrogen) atoms. The molecule has 96 valence electrons. The predicted octanol–water partition coefficient (Wildman–Crippen LogP) is 1.86. The fraction of sp³-hybridized carbons (Fsp3) is 0.417. The second-order valence-corrected chi connectivity index (χ2v) is 5.08. The summed E-state index contributed by atoms with van der Waals surface area (Å²) < 4.78 is 2.03. The van der Waals surface area contributed by atoms with Crippen molar-refractivity contribution in [1.82, 2.24) is 19.9 Å². The molecule has 2 heterocycles. The summed E-state index contributed by atoms with van der Waals surface area (Å²) in [6.45, 7) is 3.52. The van der Waals surface area contributed by atoms with Crippen molar-refractivity contribution in [3.8, 4) is 0 Å². The maximum Gasteiger partial charge on any atom is 0.270 e. The van der Waals surface area contributed by atoms with Gasteiger partial charge in [-0.15, -0.1) is 11.3 Å². The van der Waals surface area contributed by atoms with Crippen LogP contribution in [0.25, 0.3) is 0 Å². The van der Waals surface area contributed by atoms with E-state index in [4.69, 9.17) is 0 Å². The number of thiazole rings is 1. The largest absolute Gasteiger partial charge is 0.351 e. The van der Waals surface area contributed by atoms with Gasteiger partial charge in [0.05, 0.1) is 11.3 Å². The maximum atomic E-state index is 11.7. The minimum Gasteiger partial charge on any atom is -0.351 e. The molecule has 0 aliphatic carbocycles. The molecule has 1 N–H and O–H groups in total. The van der Waals surface area contributed by atoms with Gasteiger partial charge in [0.1, 0.15) is 5.69 Å². The molecule has 0 spiro atoms. The SMILES string of the molecule is Cc1nc(C(=O)NCCCCn2ccnc2)cs1. The number of carbonyl (C=O) groups excluding carboxylic acids is 1. The number of nitrogens with one attached hydrogen (secondary N) is 1. The summed E-state index contributed by atoms with van der Waals surface area (Å²) in [6.07, 6.45) is 7.49. The third-order valence-corrected chi connectivity index (χ3v) is 3.31. The number of nitrogens with zero attached hydrogens (tertiary/aromatic N) is 3. The van der Waals surface area contributed by atoms with Gasteiger partial charge in [-0.2, -0.15) is 0 Å². The predicted molar refractivity (Wildman–Crippen MR) is 70.6 cm³/mol. The number of rotatable bonds is 6. The number of imidazole rings is 1. The van der Waals surface area contributed by atoms with Gasteiger partial charge in [-0.3, -0.25) is 4.79 Å². The number of aryl methyl sites for hydroxylation is 2. The molecule has 0 bridgehead atoms. The van der Waals surface area contributed by atoms with Crippen LogP contribution in [0.2, 0.25) is 0 Å². The molecule has 2 aromatic rings. The highest BCUT2D eigenvalue weighted by Crippen LogP contribution is 2.07. The van der Waals surface area contributed by atoms with Gasteiger partial charge in [-0.25, -0.2) is 9.97 Å². The molecule has 5 nitrogen and oxygen atoms in total. The van der Waals surface area contributed by atoms with E-state index in [0.717, 1.165) is 24.4 Å². The van der Waals surface area contributed by atoms with Crippen LogP contribution < -0.4 is 5.32 Å². The Morgan fingerprint density at radius 2 is 2.39 bits per heavy atom. The van der Waals surface area contributed by atoms with Crippen molar-refractivity contribution >= 4 is 17.2 Å². The van der Waals surface area contributed by atoms with Crippen molar-refractivity contribution < 1.29 is 4.79 Å². The van der Waals surface area contributed by atoms with E-state index in [-0.39, 0.29) is 5.91 Å². The molecule has 0 radical (unpaired) electrons. The molecule has 6 heteroatoms. The summed E-state index contributed by atoms with van der Waals surface area (Å²) in [6, 6.07) is 0. The minimum atomic E-state index is -0.0815. The summed E-state index contributed by atoms with van der Waals surface area (Å²) >= 11 is 1.49. The van der Waals surface area contributed by atoms with E-state index in [0.29, 0.717) is 12.2 Å². The first-order valence-corrected chi connectivity index (χ1v) is 6.80. The van der Waals surface area contributed by atoms with Crippen LogP contribution in [0.3, 0.4) is 0 Å². The number of hydrogen-bond donors (Lipinski definition) is 1. The van der Waals surface area contributed by atoms with Gasteiger partial charge in [0, 0.05) is 30.9 Å². The highest BCUT2D eigenvalue weighted by Gasteiger charge is 2.07. The first-order valence-electron chi connectivity index (χ1n) is 5.92. The standard InChI is InChI=1S/C12H16N4OS/c1-10-15-11(8-18-10)12(17)14-4-2-3-6-16-7-5-13-9-16/h5,7-9H,2-4,6H2,1H3,(H,14,17). The van der Waals surface area contributed by atoms with E-state index in [1.54, 1.807) is 17.9 Å². The summed E-state index contributed by atoms with van der Waals surface area (Å²) in [5.41, 5.74) is 0.520. The number of aromatic nitrogens is 3. The smallest absolute Gasteiger partial charge is 0.270 e. The molecule has 2 aromatic heterocycles. The van der Waals surface area contributed by atoms with Gasteiger partial charge in [0.25, 0.3) is 5.91 Å². The fourth-order valence-corrected chi connectivity index (χ4v) is 2.19. The van der Waals surface area contributed by atoms with Crippen LogP contribution in [0.15, 0.2) is 24.1 Å². The Hall–Kier alpha value is -1.69. The minimum absolute atomic E-state index is 0.0815.